The first kappa shape index (κ1) is 16.5. The SMILES string of the molecule is CCc1ccc(S(C)(=O)=O)cc1C(=O)N1C[C@H]2CCCC[C@H]2C1. The highest BCUT2D eigenvalue weighted by Gasteiger charge is 2.37. The third kappa shape index (κ3) is 3.30. The highest BCUT2D eigenvalue weighted by Crippen LogP contribution is 2.36. The van der Waals surface area contributed by atoms with Crippen LogP contribution < -0.4 is 0 Å². The molecule has 2 atom stereocenters. The Bertz CT molecular complexity index is 697. The normalized spacial score (nSPS) is 24.5. The van der Waals surface area contributed by atoms with E-state index >= 15 is 0 Å². The third-order valence-corrected chi connectivity index (χ3v) is 6.49. The van der Waals surface area contributed by atoms with Crippen LogP contribution in [0.4, 0.5) is 0 Å². The fraction of sp³-hybridized carbons (Fsp3) is 0.611. The molecule has 2 aliphatic rings. The number of rotatable bonds is 3. The molecule has 2 fully saturated rings. The second kappa shape index (κ2) is 6.27. The van der Waals surface area contributed by atoms with Crippen LogP contribution in [0.3, 0.4) is 0 Å². The summed E-state index contributed by atoms with van der Waals surface area (Å²) < 4.78 is 23.6. The summed E-state index contributed by atoms with van der Waals surface area (Å²) >= 11 is 0. The van der Waals surface area contributed by atoms with Gasteiger partial charge in [-0.1, -0.05) is 25.8 Å². The lowest BCUT2D eigenvalue weighted by Gasteiger charge is -2.22. The molecule has 1 saturated carbocycles. The van der Waals surface area contributed by atoms with Gasteiger partial charge < -0.3 is 4.90 Å². The molecule has 1 saturated heterocycles. The maximum atomic E-state index is 13.0. The van der Waals surface area contributed by atoms with E-state index in [4.69, 9.17) is 0 Å². The van der Waals surface area contributed by atoms with Crippen LogP contribution in [0.5, 0.6) is 0 Å². The largest absolute Gasteiger partial charge is 0.338 e. The Kier molecular flexibility index (Phi) is 4.50. The van der Waals surface area contributed by atoms with Crippen molar-refractivity contribution < 1.29 is 13.2 Å². The van der Waals surface area contributed by atoms with E-state index in [9.17, 15) is 13.2 Å². The van der Waals surface area contributed by atoms with Gasteiger partial charge in [-0.15, -0.1) is 0 Å². The highest BCUT2D eigenvalue weighted by atomic mass is 32.2. The van der Waals surface area contributed by atoms with E-state index in [0.29, 0.717) is 17.4 Å². The second-order valence-electron chi connectivity index (χ2n) is 6.96. The van der Waals surface area contributed by atoms with E-state index in [1.165, 1.54) is 31.9 Å². The molecule has 126 valence electrons. The molecular formula is C18H25NO3S. The zero-order chi connectivity index (χ0) is 16.6. The predicted octanol–water partition coefficient (Wildman–Crippen LogP) is 2.91. The molecule has 0 spiro atoms. The molecule has 0 unspecified atom stereocenters. The summed E-state index contributed by atoms with van der Waals surface area (Å²) in [5.74, 6) is 1.27. The third-order valence-electron chi connectivity index (χ3n) is 5.38. The average molecular weight is 335 g/mol. The monoisotopic (exact) mass is 335 g/mol. The Morgan fingerprint density at radius 2 is 1.78 bits per heavy atom. The maximum Gasteiger partial charge on any atom is 0.254 e. The number of benzene rings is 1. The Hall–Kier alpha value is -1.36. The lowest BCUT2D eigenvalue weighted by molar-refractivity contribution is 0.0782. The lowest BCUT2D eigenvalue weighted by atomic mass is 9.82. The zero-order valence-electron chi connectivity index (χ0n) is 13.9. The van der Waals surface area contributed by atoms with Crippen LogP contribution in [-0.4, -0.2) is 38.6 Å². The number of likely N-dealkylation sites (tertiary alicyclic amines) is 1. The number of hydrogen-bond donors (Lipinski definition) is 0. The van der Waals surface area contributed by atoms with Gasteiger partial charge in [-0.2, -0.15) is 0 Å². The topological polar surface area (TPSA) is 54.5 Å². The van der Waals surface area contributed by atoms with Crippen molar-refractivity contribution in [3.8, 4) is 0 Å². The van der Waals surface area contributed by atoms with Crippen molar-refractivity contribution in [2.75, 3.05) is 19.3 Å². The van der Waals surface area contributed by atoms with Crippen molar-refractivity contribution in [1.82, 2.24) is 4.90 Å². The zero-order valence-corrected chi connectivity index (χ0v) is 14.7. The van der Waals surface area contributed by atoms with E-state index in [-0.39, 0.29) is 10.8 Å². The minimum atomic E-state index is -3.30. The van der Waals surface area contributed by atoms with Crippen LogP contribution >= 0.6 is 0 Å². The molecule has 5 heteroatoms. The van der Waals surface area contributed by atoms with Gasteiger partial charge in [0.25, 0.3) is 5.91 Å². The average Bonchev–Trinajstić information content (AvgIpc) is 2.96. The summed E-state index contributed by atoms with van der Waals surface area (Å²) in [5.41, 5.74) is 1.49. The summed E-state index contributed by atoms with van der Waals surface area (Å²) in [5, 5.41) is 0. The summed E-state index contributed by atoms with van der Waals surface area (Å²) in [7, 11) is -3.30. The first-order valence-corrected chi connectivity index (χ1v) is 10.4. The van der Waals surface area contributed by atoms with E-state index in [1.807, 2.05) is 11.8 Å². The number of hydrogen-bond acceptors (Lipinski definition) is 3. The standard InChI is InChI=1S/C18H25NO3S/c1-3-13-8-9-16(23(2,21)22)10-17(13)18(20)19-11-14-6-4-5-7-15(14)12-19/h8-10,14-15H,3-7,11-12H2,1-2H3/t14-,15+. The maximum absolute atomic E-state index is 13.0. The van der Waals surface area contributed by atoms with Crippen molar-refractivity contribution in [1.29, 1.82) is 0 Å². The molecule has 0 N–H and O–H groups in total. The van der Waals surface area contributed by atoms with Crippen molar-refractivity contribution in [2.24, 2.45) is 11.8 Å². The second-order valence-corrected chi connectivity index (χ2v) is 8.98. The molecule has 4 nitrogen and oxygen atoms in total. The van der Waals surface area contributed by atoms with Crippen molar-refractivity contribution in [2.45, 2.75) is 43.9 Å². The van der Waals surface area contributed by atoms with Gasteiger partial charge in [0, 0.05) is 24.9 Å². The van der Waals surface area contributed by atoms with Gasteiger partial charge in [0.1, 0.15) is 0 Å². The van der Waals surface area contributed by atoms with Crippen molar-refractivity contribution in [3.05, 3.63) is 29.3 Å². The lowest BCUT2D eigenvalue weighted by Crippen LogP contribution is -2.30. The van der Waals surface area contributed by atoms with Crippen molar-refractivity contribution in [3.63, 3.8) is 0 Å². The molecule has 0 aromatic heterocycles. The molecule has 1 aliphatic carbocycles. The summed E-state index contributed by atoms with van der Waals surface area (Å²) in [6, 6.07) is 4.96. The van der Waals surface area contributed by atoms with Gasteiger partial charge in [0.2, 0.25) is 0 Å². The minimum Gasteiger partial charge on any atom is -0.338 e. The molecule has 1 heterocycles. The molecule has 1 amide bonds. The number of fused-ring (bicyclic) bond motifs is 1. The molecule has 0 bridgehead atoms. The van der Waals surface area contributed by atoms with E-state index in [0.717, 1.165) is 25.1 Å². The highest BCUT2D eigenvalue weighted by molar-refractivity contribution is 7.90. The van der Waals surface area contributed by atoms with Gasteiger partial charge in [-0.3, -0.25) is 4.79 Å². The summed E-state index contributed by atoms with van der Waals surface area (Å²) in [6.45, 7) is 3.65. The first-order valence-electron chi connectivity index (χ1n) is 8.52. The quantitative estimate of drug-likeness (QED) is 0.853. The fourth-order valence-corrected chi connectivity index (χ4v) is 4.68. The van der Waals surface area contributed by atoms with Crippen LogP contribution in [0.1, 0.15) is 48.5 Å². The summed E-state index contributed by atoms with van der Waals surface area (Å²) in [4.78, 5) is 15.2. The van der Waals surface area contributed by atoms with E-state index in [1.54, 1.807) is 18.2 Å². The van der Waals surface area contributed by atoms with E-state index < -0.39 is 9.84 Å². The predicted molar refractivity (Wildman–Crippen MR) is 90.3 cm³/mol. The fourth-order valence-electron chi connectivity index (χ4n) is 4.04. The van der Waals surface area contributed by atoms with Gasteiger partial charge >= 0.3 is 0 Å². The molecule has 1 aromatic rings. The number of nitrogens with zero attached hydrogens (tertiary/aromatic N) is 1. The Morgan fingerprint density at radius 3 is 2.30 bits per heavy atom. The van der Waals surface area contributed by atoms with Crippen LogP contribution in [0.2, 0.25) is 0 Å². The number of sulfone groups is 1. The molecule has 1 aromatic carbocycles. The van der Waals surface area contributed by atoms with Gasteiger partial charge in [0.15, 0.2) is 9.84 Å². The first-order chi connectivity index (χ1) is 10.9. The van der Waals surface area contributed by atoms with Crippen molar-refractivity contribution >= 4 is 15.7 Å². The van der Waals surface area contributed by atoms with Crippen LogP contribution in [0.25, 0.3) is 0 Å². The van der Waals surface area contributed by atoms with Gasteiger partial charge in [-0.05, 0) is 48.8 Å². The molecule has 23 heavy (non-hydrogen) atoms. The molecular weight excluding hydrogens is 310 g/mol. The number of carbonyl (C=O) groups is 1. The van der Waals surface area contributed by atoms with Crippen LogP contribution in [0, 0.1) is 11.8 Å². The number of carbonyl (C=O) groups excluding carboxylic acids is 1. The van der Waals surface area contributed by atoms with Crippen LogP contribution in [-0.2, 0) is 16.3 Å². The Balaban J connectivity index is 1.89. The molecule has 0 radical (unpaired) electrons. The Labute approximate surface area is 138 Å². The Morgan fingerprint density at radius 1 is 1.17 bits per heavy atom. The van der Waals surface area contributed by atoms with Gasteiger partial charge in [0.05, 0.1) is 4.90 Å². The molecule has 3 rings (SSSR count). The number of amides is 1. The van der Waals surface area contributed by atoms with E-state index in [2.05, 4.69) is 0 Å². The molecule has 1 aliphatic heterocycles. The summed E-state index contributed by atoms with van der Waals surface area (Å²) in [6.07, 6.45) is 6.90. The van der Waals surface area contributed by atoms with Gasteiger partial charge in [-0.25, -0.2) is 8.42 Å². The smallest absolute Gasteiger partial charge is 0.254 e. The van der Waals surface area contributed by atoms with Crippen LogP contribution in [0.15, 0.2) is 23.1 Å². The minimum absolute atomic E-state index is 0.00162. The number of aryl methyl sites for hydroxylation is 1.